The third kappa shape index (κ3) is 3.58. The molecule has 2 bridgehead atoms. The van der Waals surface area contributed by atoms with Crippen molar-refractivity contribution < 1.29 is 19.5 Å². The number of fused-ring (bicyclic) bond motifs is 1. The molecule has 1 aromatic rings. The fraction of sp³-hybridized carbons (Fsp3) is 0.591. The average Bonchev–Trinajstić information content (AvgIpc) is 3.31. The number of thioether (sulfide) groups is 1. The maximum absolute atomic E-state index is 13.7. The number of nitrogens with zero attached hydrogens (tertiary/aromatic N) is 1. The number of benzene rings is 1. The second kappa shape index (κ2) is 8.41. The lowest BCUT2D eigenvalue weighted by atomic mass is 9.70. The highest BCUT2D eigenvalue weighted by Crippen LogP contribution is 2.68. The molecule has 0 radical (unpaired) electrons. The molecule has 1 spiro atoms. The number of carbonyl (C=O) groups is 3. The molecular formula is C22H28BrN3O4S. The van der Waals surface area contributed by atoms with Crippen LogP contribution >= 0.6 is 27.7 Å². The Morgan fingerprint density at radius 1 is 1.26 bits per heavy atom. The number of likely N-dealkylation sites (tertiary alicyclic amines) is 1. The quantitative estimate of drug-likeness (QED) is 0.509. The Bertz CT molecular complexity index is 885. The van der Waals surface area contributed by atoms with Gasteiger partial charge in [0.1, 0.15) is 6.04 Å². The summed E-state index contributed by atoms with van der Waals surface area (Å²) >= 11 is 5.32. The zero-order valence-electron chi connectivity index (χ0n) is 17.7. The van der Waals surface area contributed by atoms with Gasteiger partial charge in [-0.1, -0.05) is 34.1 Å². The van der Waals surface area contributed by atoms with Crippen LogP contribution in [0.15, 0.2) is 30.3 Å². The van der Waals surface area contributed by atoms with Crippen LogP contribution in [0.3, 0.4) is 0 Å². The first-order chi connectivity index (χ1) is 14.7. The first kappa shape index (κ1) is 22.6. The van der Waals surface area contributed by atoms with Crippen LogP contribution in [-0.2, 0) is 14.4 Å². The van der Waals surface area contributed by atoms with Gasteiger partial charge in [-0.3, -0.25) is 14.4 Å². The van der Waals surface area contributed by atoms with E-state index in [-0.39, 0.29) is 40.4 Å². The molecule has 7 atom stereocenters. The number of alkyl halides is 1. The molecule has 3 aliphatic heterocycles. The normalized spacial score (nSPS) is 34.7. The molecular weight excluding hydrogens is 482 g/mol. The predicted octanol–water partition coefficient (Wildman–Crippen LogP) is 2.00. The molecule has 3 heterocycles. The van der Waals surface area contributed by atoms with E-state index in [1.807, 2.05) is 44.2 Å². The minimum atomic E-state index is -0.723. The fourth-order valence-corrected chi connectivity index (χ4v) is 8.94. The summed E-state index contributed by atoms with van der Waals surface area (Å²) in [6, 6.07) is 7.88. The third-order valence-corrected chi connectivity index (χ3v) is 9.71. The second-order valence-electron chi connectivity index (χ2n) is 8.96. The number of para-hydroxylation sites is 1. The number of hydrogen-bond donors (Lipinski definition) is 3. The van der Waals surface area contributed by atoms with Gasteiger partial charge >= 0.3 is 0 Å². The van der Waals surface area contributed by atoms with Crippen LogP contribution in [0.4, 0.5) is 5.69 Å². The van der Waals surface area contributed by atoms with Crippen molar-refractivity contribution in [1.82, 2.24) is 10.2 Å². The largest absolute Gasteiger partial charge is 0.394 e. The molecule has 1 aromatic carbocycles. The molecule has 3 unspecified atom stereocenters. The standard InChI is InChI=1S/C22H28BrN3O4S/c1-11(2)24-20(29)18-22-9-14(23)17(31-22)15(16(22)21(30)26(18)12(3)10-27)19(28)25-13-7-5-4-6-8-13/h4-8,11-12,14-18,27H,9-10H2,1-3H3,(H,24,29)(H,25,28)/t12-,14?,15-,16+,17-,18?,22?/m1/s1. The zero-order chi connectivity index (χ0) is 22.5. The summed E-state index contributed by atoms with van der Waals surface area (Å²) < 4.78 is -0.697. The molecule has 0 aromatic heterocycles. The van der Waals surface area contributed by atoms with Crippen molar-refractivity contribution in [2.24, 2.45) is 11.8 Å². The predicted molar refractivity (Wildman–Crippen MR) is 124 cm³/mol. The number of aliphatic hydroxyl groups excluding tert-OH is 1. The van der Waals surface area contributed by atoms with Crippen molar-refractivity contribution in [3.05, 3.63) is 30.3 Å². The number of carbonyl (C=O) groups excluding carboxylic acids is 3. The summed E-state index contributed by atoms with van der Waals surface area (Å²) in [7, 11) is 0. The van der Waals surface area contributed by atoms with E-state index < -0.39 is 28.7 Å². The van der Waals surface area contributed by atoms with E-state index in [9.17, 15) is 19.5 Å². The summed E-state index contributed by atoms with van der Waals surface area (Å²) in [6.45, 7) is 5.26. The van der Waals surface area contributed by atoms with Crippen LogP contribution < -0.4 is 10.6 Å². The SMILES string of the molecule is CC(C)NC(=O)C1N([C@H](C)CO)C(=O)[C@@H]2[C@@H](C(=O)Nc3ccccc3)[C@@H]3SC12CC3Br. The van der Waals surface area contributed by atoms with E-state index in [1.54, 1.807) is 18.7 Å². The van der Waals surface area contributed by atoms with Gasteiger partial charge in [0.05, 0.1) is 29.2 Å². The molecule has 3 amide bonds. The molecule has 168 valence electrons. The minimum Gasteiger partial charge on any atom is -0.394 e. The van der Waals surface area contributed by atoms with Crippen molar-refractivity contribution in [3.8, 4) is 0 Å². The summed E-state index contributed by atoms with van der Waals surface area (Å²) in [5.74, 6) is -1.79. The molecule has 9 heteroatoms. The van der Waals surface area contributed by atoms with Gasteiger partial charge in [0.15, 0.2) is 0 Å². The summed E-state index contributed by atoms with van der Waals surface area (Å²) in [5, 5.41) is 15.6. The van der Waals surface area contributed by atoms with Gasteiger partial charge in [0, 0.05) is 21.8 Å². The van der Waals surface area contributed by atoms with Crippen LogP contribution in [0.2, 0.25) is 0 Å². The lowest BCUT2D eigenvalue weighted by molar-refractivity contribution is -0.141. The van der Waals surface area contributed by atoms with Crippen LogP contribution in [-0.4, -0.2) is 67.3 Å². The van der Waals surface area contributed by atoms with Gasteiger partial charge in [-0.05, 0) is 39.3 Å². The molecule has 3 aliphatic rings. The maximum Gasteiger partial charge on any atom is 0.244 e. The minimum absolute atomic E-state index is 0.0202. The van der Waals surface area contributed by atoms with E-state index in [2.05, 4.69) is 26.6 Å². The molecule has 31 heavy (non-hydrogen) atoms. The molecule has 7 nitrogen and oxygen atoms in total. The van der Waals surface area contributed by atoms with Gasteiger partial charge in [-0.15, -0.1) is 11.8 Å². The number of rotatable bonds is 6. The highest BCUT2D eigenvalue weighted by atomic mass is 79.9. The number of halogens is 1. The number of nitrogens with one attached hydrogen (secondary N) is 2. The van der Waals surface area contributed by atoms with Gasteiger partial charge in [-0.2, -0.15) is 0 Å². The van der Waals surface area contributed by atoms with Gasteiger partial charge in [-0.25, -0.2) is 0 Å². The molecule has 4 rings (SSSR count). The third-order valence-electron chi connectivity index (χ3n) is 6.49. The first-order valence-electron chi connectivity index (χ1n) is 10.6. The number of amides is 3. The van der Waals surface area contributed by atoms with Crippen molar-refractivity contribution in [2.45, 2.75) is 60.1 Å². The van der Waals surface area contributed by atoms with Crippen LogP contribution in [0, 0.1) is 11.8 Å². The Hall–Kier alpha value is -1.58. The van der Waals surface area contributed by atoms with Crippen LogP contribution in [0.25, 0.3) is 0 Å². The van der Waals surface area contributed by atoms with Gasteiger partial charge in [0.25, 0.3) is 0 Å². The van der Waals surface area contributed by atoms with Crippen LogP contribution in [0.5, 0.6) is 0 Å². The first-order valence-corrected chi connectivity index (χ1v) is 12.4. The number of anilines is 1. The van der Waals surface area contributed by atoms with Gasteiger partial charge < -0.3 is 20.6 Å². The molecule has 3 fully saturated rings. The monoisotopic (exact) mass is 509 g/mol. The lowest BCUT2D eigenvalue weighted by Gasteiger charge is -2.37. The number of hydrogen-bond acceptors (Lipinski definition) is 5. The second-order valence-corrected chi connectivity index (χ2v) is 11.7. The molecule has 3 N–H and O–H groups in total. The van der Waals surface area contributed by atoms with E-state index >= 15 is 0 Å². The van der Waals surface area contributed by atoms with Crippen molar-refractivity contribution >= 4 is 51.1 Å². The molecule has 3 saturated heterocycles. The summed E-state index contributed by atoms with van der Waals surface area (Å²) in [5.41, 5.74) is 0.681. The molecule has 0 saturated carbocycles. The Morgan fingerprint density at radius 3 is 2.55 bits per heavy atom. The highest BCUT2D eigenvalue weighted by molar-refractivity contribution is 9.09. The van der Waals surface area contributed by atoms with Crippen molar-refractivity contribution in [2.75, 3.05) is 11.9 Å². The Labute approximate surface area is 194 Å². The topological polar surface area (TPSA) is 98.7 Å². The van der Waals surface area contributed by atoms with Crippen molar-refractivity contribution in [3.63, 3.8) is 0 Å². The maximum atomic E-state index is 13.7. The summed E-state index contributed by atoms with van der Waals surface area (Å²) in [4.78, 5) is 41.9. The summed E-state index contributed by atoms with van der Waals surface area (Å²) in [6.07, 6.45) is 0.624. The Kier molecular flexibility index (Phi) is 6.13. The Balaban J connectivity index is 1.72. The van der Waals surface area contributed by atoms with E-state index in [0.29, 0.717) is 12.1 Å². The van der Waals surface area contributed by atoms with Crippen molar-refractivity contribution in [1.29, 1.82) is 0 Å². The highest BCUT2D eigenvalue weighted by Gasteiger charge is 2.76. The smallest absolute Gasteiger partial charge is 0.244 e. The number of aliphatic hydroxyl groups is 1. The van der Waals surface area contributed by atoms with E-state index in [4.69, 9.17) is 0 Å². The lowest BCUT2D eigenvalue weighted by Crippen LogP contribution is -2.57. The average molecular weight is 510 g/mol. The van der Waals surface area contributed by atoms with Gasteiger partial charge in [0.2, 0.25) is 17.7 Å². The van der Waals surface area contributed by atoms with Crippen LogP contribution in [0.1, 0.15) is 27.2 Å². The zero-order valence-corrected chi connectivity index (χ0v) is 20.2. The Morgan fingerprint density at radius 2 is 1.94 bits per heavy atom. The molecule has 0 aliphatic carbocycles. The fourth-order valence-electron chi connectivity index (χ4n) is 5.34. The van der Waals surface area contributed by atoms with E-state index in [0.717, 1.165) is 0 Å². The van der Waals surface area contributed by atoms with E-state index in [1.165, 1.54) is 4.90 Å².